The number of carbonyl (C=O) groups is 1. The number of para-hydroxylation sites is 1. The first-order valence-electron chi connectivity index (χ1n) is 10.3. The molecule has 168 valence electrons. The third-order valence-electron chi connectivity index (χ3n) is 5.05. The number of hydrogen-bond donors (Lipinski definition) is 1. The van der Waals surface area contributed by atoms with E-state index in [0.29, 0.717) is 17.1 Å². The molecule has 0 fully saturated rings. The monoisotopic (exact) mass is 477 g/mol. The number of aromatic nitrogens is 1. The number of amides is 1. The lowest BCUT2D eigenvalue weighted by Gasteiger charge is -2.19. The van der Waals surface area contributed by atoms with E-state index in [-0.39, 0.29) is 17.2 Å². The maximum absolute atomic E-state index is 13.0. The second-order valence-corrected chi connectivity index (χ2v) is 10.4. The van der Waals surface area contributed by atoms with E-state index >= 15 is 0 Å². The van der Waals surface area contributed by atoms with Crippen LogP contribution in [-0.4, -0.2) is 26.4 Å². The van der Waals surface area contributed by atoms with Crippen molar-refractivity contribution in [3.8, 4) is 10.6 Å². The van der Waals surface area contributed by atoms with Crippen molar-refractivity contribution in [3.63, 3.8) is 0 Å². The van der Waals surface area contributed by atoms with Crippen molar-refractivity contribution in [2.75, 3.05) is 16.7 Å². The fourth-order valence-electron chi connectivity index (χ4n) is 3.34. The van der Waals surface area contributed by atoms with Gasteiger partial charge in [0.2, 0.25) is 5.91 Å². The van der Waals surface area contributed by atoms with Crippen LogP contribution in [0.25, 0.3) is 10.6 Å². The molecular formula is C25H23N3O3S2. The minimum absolute atomic E-state index is 0.0991. The molecule has 0 aliphatic carbocycles. The van der Waals surface area contributed by atoms with E-state index in [9.17, 15) is 13.2 Å². The number of hydrogen-bond acceptors (Lipinski definition) is 5. The molecule has 0 saturated heterocycles. The molecule has 0 spiro atoms. The third kappa shape index (κ3) is 5.30. The molecule has 0 aliphatic rings. The number of carbonyl (C=O) groups excluding carboxylic acids is 1. The average molecular weight is 478 g/mol. The summed E-state index contributed by atoms with van der Waals surface area (Å²) in [7, 11) is -2.26. The van der Waals surface area contributed by atoms with Gasteiger partial charge in [0.25, 0.3) is 10.0 Å². The van der Waals surface area contributed by atoms with Crippen LogP contribution in [0.1, 0.15) is 11.3 Å². The Morgan fingerprint density at radius 3 is 2.52 bits per heavy atom. The zero-order valence-electron chi connectivity index (χ0n) is 18.2. The molecule has 0 saturated carbocycles. The van der Waals surface area contributed by atoms with Crippen molar-refractivity contribution in [1.82, 2.24) is 4.98 Å². The lowest BCUT2D eigenvalue weighted by atomic mass is 10.1. The van der Waals surface area contributed by atoms with E-state index in [1.807, 2.05) is 36.6 Å². The van der Waals surface area contributed by atoms with Gasteiger partial charge in [0.15, 0.2) is 0 Å². The fourth-order valence-corrected chi connectivity index (χ4v) is 5.40. The molecule has 4 aromatic rings. The Morgan fingerprint density at radius 2 is 1.76 bits per heavy atom. The minimum atomic E-state index is -3.77. The number of thiazole rings is 1. The summed E-state index contributed by atoms with van der Waals surface area (Å²) in [4.78, 5) is 17.3. The number of sulfonamides is 1. The van der Waals surface area contributed by atoms with E-state index in [4.69, 9.17) is 0 Å². The van der Waals surface area contributed by atoms with Crippen LogP contribution in [0.15, 0.2) is 89.1 Å². The first-order chi connectivity index (χ1) is 15.8. The number of anilines is 2. The topological polar surface area (TPSA) is 79.4 Å². The molecule has 1 heterocycles. The Balaban J connectivity index is 1.46. The van der Waals surface area contributed by atoms with Crippen LogP contribution >= 0.6 is 11.3 Å². The highest BCUT2D eigenvalue weighted by Crippen LogP contribution is 2.26. The van der Waals surface area contributed by atoms with Crippen molar-refractivity contribution in [3.05, 3.63) is 95.5 Å². The van der Waals surface area contributed by atoms with Gasteiger partial charge < -0.3 is 5.32 Å². The van der Waals surface area contributed by atoms with Crippen molar-refractivity contribution in [2.45, 2.75) is 18.2 Å². The van der Waals surface area contributed by atoms with Gasteiger partial charge >= 0.3 is 0 Å². The van der Waals surface area contributed by atoms with Crippen LogP contribution in [0.5, 0.6) is 0 Å². The second-order valence-electron chi connectivity index (χ2n) is 7.57. The normalized spacial score (nSPS) is 11.2. The Hall–Kier alpha value is -3.49. The van der Waals surface area contributed by atoms with E-state index in [2.05, 4.69) is 16.4 Å². The van der Waals surface area contributed by atoms with Crippen molar-refractivity contribution >= 4 is 38.6 Å². The highest BCUT2D eigenvalue weighted by molar-refractivity contribution is 7.92. The average Bonchev–Trinajstić information content (AvgIpc) is 3.27. The van der Waals surface area contributed by atoms with Crippen LogP contribution in [0, 0.1) is 6.92 Å². The first kappa shape index (κ1) is 22.7. The second kappa shape index (κ2) is 9.56. The molecule has 0 radical (unpaired) electrons. The lowest BCUT2D eigenvalue weighted by Crippen LogP contribution is -2.26. The minimum Gasteiger partial charge on any atom is -0.326 e. The van der Waals surface area contributed by atoms with Gasteiger partial charge in [-0.1, -0.05) is 48.0 Å². The number of aryl methyl sites for hydroxylation is 1. The Morgan fingerprint density at radius 1 is 1.00 bits per heavy atom. The quantitative estimate of drug-likeness (QED) is 0.400. The zero-order valence-corrected chi connectivity index (χ0v) is 19.9. The Kier molecular flexibility index (Phi) is 6.57. The van der Waals surface area contributed by atoms with Gasteiger partial charge in [0.05, 0.1) is 22.7 Å². The molecule has 33 heavy (non-hydrogen) atoms. The van der Waals surface area contributed by atoms with Crippen LogP contribution in [-0.2, 0) is 21.2 Å². The van der Waals surface area contributed by atoms with Gasteiger partial charge in [0.1, 0.15) is 5.01 Å². The van der Waals surface area contributed by atoms with Crippen molar-refractivity contribution in [1.29, 1.82) is 0 Å². The molecule has 3 aromatic carbocycles. The van der Waals surface area contributed by atoms with Gasteiger partial charge in [-0.25, -0.2) is 13.4 Å². The highest BCUT2D eigenvalue weighted by Gasteiger charge is 2.21. The highest BCUT2D eigenvalue weighted by atomic mass is 32.2. The van der Waals surface area contributed by atoms with Gasteiger partial charge in [-0.05, 0) is 43.3 Å². The maximum atomic E-state index is 13.0. The molecule has 0 unspecified atom stereocenters. The van der Waals surface area contributed by atoms with Crippen LogP contribution < -0.4 is 9.62 Å². The summed E-state index contributed by atoms with van der Waals surface area (Å²) in [5, 5.41) is 5.51. The molecule has 8 heteroatoms. The largest absolute Gasteiger partial charge is 0.326 e. The standard InChI is InChI=1S/C25H23N3O3S2/c1-18-8-6-9-19(14-18)25-27-21(17-32-25)16-24(29)26-20-10-7-13-23(15-20)33(30,31)28(2)22-11-4-3-5-12-22/h3-15,17H,16H2,1-2H3,(H,26,29). The summed E-state index contributed by atoms with van der Waals surface area (Å²) in [5.41, 5.74) is 3.81. The molecule has 0 aliphatic heterocycles. The summed E-state index contributed by atoms with van der Waals surface area (Å²) in [6.45, 7) is 2.03. The predicted octanol–water partition coefficient (Wildman–Crippen LogP) is 5.12. The maximum Gasteiger partial charge on any atom is 0.264 e. The SMILES string of the molecule is Cc1cccc(-c2nc(CC(=O)Nc3cccc(S(=O)(=O)N(C)c4ccccc4)c3)cs2)c1. The van der Waals surface area contributed by atoms with E-state index in [0.717, 1.165) is 16.1 Å². The molecule has 1 amide bonds. The Bertz CT molecular complexity index is 1380. The van der Waals surface area contributed by atoms with Crippen LogP contribution in [0.2, 0.25) is 0 Å². The lowest BCUT2D eigenvalue weighted by molar-refractivity contribution is -0.115. The molecular weight excluding hydrogens is 454 g/mol. The Labute approximate surface area is 197 Å². The molecule has 0 atom stereocenters. The number of benzene rings is 3. The molecule has 1 N–H and O–H groups in total. The number of nitrogens with zero attached hydrogens (tertiary/aromatic N) is 2. The van der Waals surface area contributed by atoms with Gasteiger partial charge in [-0.15, -0.1) is 11.3 Å². The summed E-state index contributed by atoms with van der Waals surface area (Å²) in [6.07, 6.45) is 0.100. The molecule has 4 rings (SSSR count). The molecule has 6 nitrogen and oxygen atoms in total. The number of rotatable bonds is 7. The summed E-state index contributed by atoms with van der Waals surface area (Å²) < 4.78 is 27.3. The van der Waals surface area contributed by atoms with Gasteiger partial charge in [-0.3, -0.25) is 9.10 Å². The third-order valence-corrected chi connectivity index (χ3v) is 7.78. The zero-order chi connectivity index (χ0) is 23.4. The van der Waals surface area contributed by atoms with Crippen LogP contribution in [0.4, 0.5) is 11.4 Å². The summed E-state index contributed by atoms with van der Waals surface area (Å²) in [5.74, 6) is -0.262. The van der Waals surface area contributed by atoms with E-state index < -0.39 is 10.0 Å². The fraction of sp³-hybridized carbons (Fsp3) is 0.120. The van der Waals surface area contributed by atoms with E-state index in [1.165, 1.54) is 34.8 Å². The predicted molar refractivity (Wildman–Crippen MR) is 133 cm³/mol. The molecule has 0 bridgehead atoms. The van der Waals surface area contributed by atoms with Gasteiger partial charge in [-0.2, -0.15) is 0 Å². The van der Waals surface area contributed by atoms with Crippen molar-refractivity contribution < 1.29 is 13.2 Å². The first-order valence-corrected chi connectivity index (χ1v) is 12.6. The van der Waals surface area contributed by atoms with E-state index in [1.54, 1.807) is 36.4 Å². The molecule has 1 aromatic heterocycles. The van der Waals surface area contributed by atoms with Gasteiger partial charge in [0, 0.05) is 23.7 Å². The number of nitrogens with one attached hydrogen (secondary N) is 1. The van der Waals surface area contributed by atoms with Crippen LogP contribution in [0.3, 0.4) is 0 Å². The summed E-state index contributed by atoms with van der Waals surface area (Å²) in [6, 6.07) is 23.1. The summed E-state index contributed by atoms with van der Waals surface area (Å²) >= 11 is 1.49. The van der Waals surface area contributed by atoms with Crippen molar-refractivity contribution in [2.24, 2.45) is 0 Å². The smallest absolute Gasteiger partial charge is 0.264 e.